The van der Waals surface area contributed by atoms with Gasteiger partial charge in [0.15, 0.2) is 0 Å². The fraction of sp³-hybridized carbons (Fsp3) is 0.0137. The molecular weight excluding hydrogens is 933 g/mol. The Kier molecular flexibility index (Phi) is 13.7. The van der Waals surface area contributed by atoms with E-state index in [4.69, 9.17) is 0 Å². The molecule has 0 bridgehead atoms. The summed E-state index contributed by atoms with van der Waals surface area (Å²) in [6.45, 7) is 2.14. The second-order valence-corrected chi connectivity index (χ2v) is 19.1. The molecule has 0 atom stereocenters. The summed E-state index contributed by atoms with van der Waals surface area (Å²) in [5.41, 5.74) is 20.7. The molecule has 4 heteroatoms. The molecular formula is C73H56N4. The van der Waals surface area contributed by atoms with Gasteiger partial charge < -0.3 is 19.6 Å². The van der Waals surface area contributed by atoms with Gasteiger partial charge in [-0.2, -0.15) is 0 Å². The summed E-state index contributed by atoms with van der Waals surface area (Å²) in [5, 5.41) is 0. The molecule has 4 nitrogen and oxygen atoms in total. The summed E-state index contributed by atoms with van der Waals surface area (Å²) in [6.07, 6.45) is 0. The summed E-state index contributed by atoms with van der Waals surface area (Å²) < 4.78 is 0. The summed E-state index contributed by atoms with van der Waals surface area (Å²) in [5.74, 6) is 0. The Morgan fingerprint density at radius 3 is 0.779 bits per heavy atom. The van der Waals surface area contributed by atoms with Gasteiger partial charge in [0.2, 0.25) is 0 Å². The molecule has 0 radical (unpaired) electrons. The molecule has 12 rings (SSSR count). The normalized spacial score (nSPS) is 10.9. The van der Waals surface area contributed by atoms with Crippen molar-refractivity contribution < 1.29 is 0 Å². The highest BCUT2D eigenvalue weighted by molar-refractivity contribution is 5.95. The first-order chi connectivity index (χ1) is 38.1. The van der Waals surface area contributed by atoms with Crippen molar-refractivity contribution in [3.05, 3.63) is 327 Å². The van der Waals surface area contributed by atoms with Gasteiger partial charge in [0.05, 0.1) is 11.4 Å². The minimum Gasteiger partial charge on any atom is -0.310 e. The van der Waals surface area contributed by atoms with E-state index >= 15 is 0 Å². The van der Waals surface area contributed by atoms with Crippen LogP contribution in [0.5, 0.6) is 0 Å². The predicted octanol–water partition coefficient (Wildman–Crippen LogP) is 20.9. The molecule has 0 unspecified atom stereocenters. The quantitative estimate of drug-likeness (QED) is 0.101. The molecule has 0 spiro atoms. The second kappa shape index (κ2) is 22.1. The van der Waals surface area contributed by atoms with Crippen LogP contribution in [0.1, 0.15) is 5.56 Å². The molecule has 0 heterocycles. The van der Waals surface area contributed by atoms with Crippen molar-refractivity contribution in [2.45, 2.75) is 6.92 Å². The largest absolute Gasteiger partial charge is 0.310 e. The van der Waals surface area contributed by atoms with Crippen LogP contribution in [0.2, 0.25) is 0 Å². The van der Waals surface area contributed by atoms with Gasteiger partial charge in [0, 0.05) is 68.0 Å². The number of benzene rings is 12. The summed E-state index contributed by atoms with van der Waals surface area (Å²) in [4.78, 5) is 9.49. The van der Waals surface area contributed by atoms with Crippen LogP contribution in [0.4, 0.5) is 68.2 Å². The number of hydrogen-bond acceptors (Lipinski definition) is 4. The van der Waals surface area contributed by atoms with Crippen LogP contribution in [0.15, 0.2) is 322 Å². The standard InChI is InChI=1S/C73H56N4/c1-55-24-23-39-67(52-55)74(60-29-13-4-14-30-60)65-44-40-56(41-45-65)57-42-46-66(47-43-57)75(68-48-50-70(58-25-9-2-10-26-58)72(53-68)76(61-31-15-5-16-32-61)62-33-17-6-18-34-62)69-49-51-71(59-27-11-3-12-28-59)73(54-69)77(63-35-19-7-20-36-63)64-37-21-8-22-38-64/h2-54H,1H3. The number of aryl methyl sites for hydroxylation is 1. The van der Waals surface area contributed by atoms with E-state index in [9.17, 15) is 0 Å². The Bertz CT molecular complexity index is 3590. The molecule has 0 saturated carbocycles. The van der Waals surface area contributed by atoms with E-state index in [1.807, 2.05) is 0 Å². The Labute approximate surface area is 452 Å². The van der Waals surface area contributed by atoms with E-state index in [1.165, 1.54) is 5.56 Å². The van der Waals surface area contributed by atoms with Crippen molar-refractivity contribution in [3.63, 3.8) is 0 Å². The Balaban J connectivity index is 1.04. The Morgan fingerprint density at radius 2 is 0.442 bits per heavy atom. The lowest BCUT2D eigenvalue weighted by Gasteiger charge is -2.33. The number of hydrogen-bond donors (Lipinski definition) is 0. The first kappa shape index (κ1) is 47.8. The zero-order valence-electron chi connectivity index (χ0n) is 42.9. The van der Waals surface area contributed by atoms with E-state index in [0.29, 0.717) is 0 Å². The van der Waals surface area contributed by atoms with Crippen LogP contribution in [0, 0.1) is 6.92 Å². The fourth-order valence-corrected chi connectivity index (χ4v) is 10.4. The zero-order chi connectivity index (χ0) is 51.8. The topological polar surface area (TPSA) is 13.0 Å². The van der Waals surface area contributed by atoms with Crippen LogP contribution in [-0.2, 0) is 0 Å². The molecule has 12 aromatic carbocycles. The number of rotatable bonds is 15. The maximum atomic E-state index is 2.41. The Morgan fingerprint density at radius 1 is 0.182 bits per heavy atom. The Hall–Kier alpha value is -10.2. The fourth-order valence-electron chi connectivity index (χ4n) is 10.4. The minimum absolute atomic E-state index is 1.01. The van der Waals surface area contributed by atoms with E-state index in [-0.39, 0.29) is 0 Å². The van der Waals surface area contributed by atoms with E-state index in [2.05, 4.69) is 348 Å². The van der Waals surface area contributed by atoms with Gasteiger partial charge in [-0.1, -0.05) is 200 Å². The van der Waals surface area contributed by atoms with Gasteiger partial charge in [-0.3, -0.25) is 0 Å². The van der Waals surface area contributed by atoms with Crippen molar-refractivity contribution in [2.24, 2.45) is 0 Å². The monoisotopic (exact) mass is 988 g/mol. The van der Waals surface area contributed by atoms with E-state index in [1.54, 1.807) is 0 Å². The van der Waals surface area contributed by atoms with Crippen LogP contribution in [0.25, 0.3) is 33.4 Å². The highest BCUT2D eigenvalue weighted by Gasteiger charge is 2.24. The average molecular weight is 989 g/mol. The molecule has 0 amide bonds. The SMILES string of the molecule is Cc1cccc(N(c2ccccc2)c2ccc(-c3ccc(N(c4ccc(-c5ccccc5)c(N(c5ccccc5)c5ccccc5)c4)c4ccc(-c5ccccc5)c(N(c5ccccc5)c5ccccc5)c4)cc3)cc2)c1. The third-order valence-corrected chi connectivity index (χ3v) is 14.0. The number of para-hydroxylation sites is 5. The molecule has 0 N–H and O–H groups in total. The summed E-state index contributed by atoms with van der Waals surface area (Å²) >= 11 is 0. The van der Waals surface area contributed by atoms with Crippen LogP contribution in [-0.4, -0.2) is 0 Å². The second-order valence-electron chi connectivity index (χ2n) is 19.1. The first-order valence-electron chi connectivity index (χ1n) is 26.2. The molecule has 0 aromatic heterocycles. The lowest BCUT2D eigenvalue weighted by molar-refractivity contribution is 1.24. The lowest BCUT2D eigenvalue weighted by Crippen LogP contribution is -2.15. The van der Waals surface area contributed by atoms with Crippen LogP contribution in [0.3, 0.4) is 0 Å². The van der Waals surface area contributed by atoms with E-state index < -0.39 is 0 Å². The van der Waals surface area contributed by atoms with Crippen molar-refractivity contribution >= 4 is 68.2 Å². The van der Waals surface area contributed by atoms with Crippen molar-refractivity contribution in [3.8, 4) is 33.4 Å². The predicted molar refractivity (Wildman–Crippen MR) is 326 cm³/mol. The van der Waals surface area contributed by atoms with Gasteiger partial charge in [0.25, 0.3) is 0 Å². The van der Waals surface area contributed by atoms with Gasteiger partial charge in [-0.05, 0) is 156 Å². The van der Waals surface area contributed by atoms with Gasteiger partial charge in [0.1, 0.15) is 0 Å². The molecule has 12 aromatic rings. The minimum atomic E-state index is 1.01. The van der Waals surface area contributed by atoms with E-state index in [0.717, 1.165) is 102 Å². The summed E-state index contributed by atoms with van der Waals surface area (Å²) in [7, 11) is 0. The zero-order valence-corrected chi connectivity index (χ0v) is 42.9. The summed E-state index contributed by atoms with van der Waals surface area (Å²) in [6, 6.07) is 115. The highest BCUT2D eigenvalue weighted by Crippen LogP contribution is 2.49. The molecule has 0 aliphatic rings. The van der Waals surface area contributed by atoms with Crippen LogP contribution >= 0.6 is 0 Å². The molecule has 77 heavy (non-hydrogen) atoms. The lowest BCUT2D eigenvalue weighted by atomic mass is 9.98. The highest BCUT2D eigenvalue weighted by atomic mass is 15.2. The van der Waals surface area contributed by atoms with Crippen LogP contribution < -0.4 is 19.6 Å². The molecule has 0 saturated heterocycles. The van der Waals surface area contributed by atoms with Crippen molar-refractivity contribution in [2.75, 3.05) is 19.6 Å². The smallest absolute Gasteiger partial charge is 0.0560 e. The third-order valence-electron chi connectivity index (χ3n) is 14.0. The number of nitrogens with zero attached hydrogens (tertiary/aromatic N) is 4. The maximum Gasteiger partial charge on any atom is 0.0560 e. The van der Waals surface area contributed by atoms with Gasteiger partial charge in [-0.15, -0.1) is 0 Å². The molecule has 368 valence electrons. The molecule has 0 aliphatic carbocycles. The number of anilines is 12. The first-order valence-corrected chi connectivity index (χ1v) is 26.2. The average Bonchev–Trinajstić information content (AvgIpc) is 3.53. The third kappa shape index (κ3) is 10.2. The molecule has 0 fully saturated rings. The maximum absolute atomic E-state index is 2.41. The van der Waals surface area contributed by atoms with Gasteiger partial charge >= 0.3 is 0 Å². The van der Waals surface area contributed by atoms with Crippen molar-refractivity contribution in [1.82, 2.24) is 0 Å². The van der Waals surface area contributed by atoms with Gasteiger partial charge in [-0.25, -0.2) is 0 Å². The van der Waals surface area contributed by atoms with Crippen molar-refractivity contribution in [1.29, 1.82) is 0 Å². The molecule has 0 aliphatic heterocycles.